The first-order chi connectivity index (χ1) is 8.76. The van der Waals surface area contributed by atoms with Crippen molar-refractivity contribution in [2.45, 2.75) is 26.4 Å². The van der Waals surface area contributed by atoms with Crippen LogP contribution in [0.15, 0.2) is 22.7 Å². The van der Waals surface area contributed by atoms with Crippen molar-refractivity contribution >= 4 is 48.4 Å². The van der Waals surface area contributed by atoms with Gasteiger partial charge in [0.25, 0.3) is 0 Å². The molecular formula is C13H13BrFNO2S. The van der Waals surface area contributed by atoms with Gasteiger partial charge >= 0.3 is 6.09 Å². The number of benzene rings is 1. The molecule has 1 aromatic carbocycles. The SMILES string of the molecule is CC(C)(C)OC(=O)Nc1cc2c(Br)ccc(F)c2s1. The summed E-state index contributed by atoms with van der Waals surface area (Å²) in [5.41, 5.74) is -0.563. The molecule has 1 aromatic heterocycles. The van der Waals surface area contributed by atoms with E-state index in [0.717, 1.165) is 9.86 Å². The van der Waals surface area contributed by atoms with Crippen molar-refractivity contribution in [3.05, 3.63) is 28.5 Å². The number of rotatable bonds is 1. The number of halogens is 2. The summed E-state index contributed by atoms with van der Waals surface area (Å²) in [4.78, 5) is 11.6. The largest absolute Gasteiger partial charge is 0.444 e. The fourth-order valence-corrected chi connectivity index (χ4v) is 3.07. The van der Waals surface area contributed by atoms with E-state index in [1.807, 2.05) is 0 Å². The van der Waals surface area contributed by atoms with Crippen molar-refractivity contribution in [2.24, 2.45) is 0 Å². The van der Waals surface area contributed by atoms with Gasteiger partial charge in [0.05, 0.1) is 9.70 Å². The summed E-state index contributed by atoms with van der Waals surface area (Å²) in [5.74, 6) is -0.305. The van der Waals surface area contributed by atoms with E-state index in [1.165, 1.54) is 17.4 Å². The number of hydrogen-bond acceptors (Lipinski definition) is 3. The van der Waals surface area contributed by atoms with Gasteiger partial charge in [0.2, 0.25) is 0 Å². The molecule has 19 heavy (non-hydrogen) atoms. The van der Waals surface area contributed by atoms with E-state index in [-0.39, 0.29) is 5.82 Å². The molecule has 0 saturated carbocycles. The van der Waals surface area contributed by atoms with Crippen LogP contribution in [0.4, 0.5) is 14.2 Å². The predicted molar refractivity (Wildman–Crippen MR) is 79.3 cm³/mol. The Morgan fingerprint density at radius 3 is 2.68 bits per heavy atom. The lowest BCUT2D eigenvalue weighted by molar-refractivity contribution is 0.0636. The third kappa shape index (κ3) is 3.45. The summed E-state index contributed by atoms with van der Waals surface area (Å²) in [7, 11) is 0. The molecule has 1 heterocycles. The van der Waals surface area contributed by atoms with Crippen LogP contribution in [0, 0.1) is 5.82 Å². The fourth-order valence-electron chi connectivity index (χ4n) is 1.52. The second-order valence-electron chi connectivity index (χ2n) is 5.01. The van der Waals surface area contributed by atoms with Gasteiger partial charge in [0.1, 0.15) is 11.4 Å². The molecule has 0 unspecified atom stereocenters. The molecule has 2 rings (SSSR count). The van der Waals surface area contributed by atoms with Gasteiger partial charge in [0.15, 0.2) is 0 Å². The number of carbonyl (C=O) groups is 1. The Balaban J connectivity index is 2.25. The number of carbonyl (C=O) groups excluding carboxylic acids is 1. The van der Waals surface area contributed by atoms with Crippen LogP contribution in [0.1, 0.15) is 20.8 Å². The smallest absolute Gasteiger partial charge is 0.412 e. The van der Waals surface area contributed by atoms with Crippen LogP contribution in [-0.4, -0.2) is 11.7 Å². The molecule has 0 atom stereocenters. The molecule has 6 heteroatoms. The highest BCUT2D eigenvalue weighted by Gasteiger charge is 2.17. The average Bonchev–Trinajstić information content (AvgIpc) is 2.65. The quantitative estimate of drug-likeness (QED) is 0.775. The molecule has 102 valence electrons. The molecule has 2 aromatic rings. The van der Waals surface area contributed by atoms with Crippen LogP contribution in [0.5, 0.6) is 0 Å². The molecule has 0 radical (unpaired) electrons. The Morgan fingerprint density at radius 2 is 2.11 bits per heavy atom. The Hall–Kier alpha value is -1.14. The molecular weight excluding hydrogens is 333 g/mol. The maximum atomic E-state index is 13.6. The minimum absolute atomic E-state index is 0.305. The van der Waals surface area contributed by atoms with Crippen LogP contribution in [0.25, 0.3) is 10.1 Å². The lowest BCUT2D eigenvalue weighted by atomic mass is 10.2. The van der Waals surface area contributed by atoms with E-state index in [9.17, 15) is 9.18 Å². The van der Waals surface area contributed by atoms with Gasteiger partial charge in [-0.3, -0.25) is 5.32 Å². The summed E-state index contributed by atoms with van der Waals surface area (Å²) < 4.78 is 20.1. The Morgan fingerprint density at radius 1 is 1.42 bits per heavy atom. The number of hydrogen-bond donors (Lipinski definition) is 1. The number of ether oxygens (including phenoxy) is 1. The highest BCUT2D eigenvalue weighted by molar-refractivity contribution is 9.10. The number of anilines is 1. The molecule has 0 fully saturated rings. The summed E-state index contributed by atoms with van der Waals surface area (Å²) in [6, 6.07) is 4.75. The zero-order valence-corrected chi connectivity index (χ0v) is 13.1. The Labute approximate surface area is 122 Å². The Bertz CT molecular complexity index is 594. The normalized spacial score (nSPS) is 11.6. The predicted octanol–water partition coefficient (Wildman–Crippen LogP) is 5.15. The van der Waals surface area contributed by atoms with Gasteiger partial charge < -0.3 is 4.74 Å². The van der Waals surface area contributed by atoms with E-state index in [4.69, 9.17) is 4.74 Å². The van der Waals surface area contributed by atoms with Crippen molar-refractivity contribution in [2.75, 3.05) is 5.32 Å². The van der Waals surface area contributed by atoms with Crippen LogP contribution in [0.2, 0.25) is 0 Å². The Kier molecular flexibility index (Phi) is 3.82. The van der Waals surface area contributed by atoms with Gasteiger partial charge in [-0.25, -0.2) is 9.18 Å². The van der Waals surface area contributed by atoms with E-state index >= 15 is 0 Å². The molecule has 0 aliphatic rings. The van der Waals surface area contributed by atoms with Gasteiger partial charge in [0, 0.05) is 9.86 Å². The summed E-state index contributed by atoms with van der Waals surface area (Å²) in [5, 5.41) is 3.90. The highest BCUT2D eigenvalue weighted by atomic mass is 79.9. The van der Waals surface area contributed by atoms with Gasteiger partial charge in [-0.15, -0.1) is 11.3 Å². The first-order valence-electron chi connectivity index (χ1n) is 5.64. The van der Waals surface area contributed by atoms with E-state index in [0.29, 0.717) is 9.70 Å². The van der Waals surface area contributed by atoms with Crippen LogP contribution in [-0.2, 0) is 4.74 Å². The van der Waals surface area contributed by atoms with E-state index in [2.05, 4.69) is 21.2 Å². The standard InChI is InChI=1S/C13H13BrFNO2S/c1-13(2,3)18-12(17)16-10-6-7-8(14)4-5-9(15)11(7)19-10/h4-6H,1-3H3,(H,16,17). The maximum absolute atomic E-state index is 13.6. The molecule has 0 bridgehead atoms. The fraction of sp³-hybridized carbons (Fsp3) is 0.308. The zero-order chi connectivity index (χ0) is 14.2. The minimum Gasteiger partial charge on any atom is -0.444 e. The topological polar surface area (TPSA) is 38.3 Å². The van der Waals surface area contributed by atoms with Crippen LogP contribution in [0.3, 0.4) is 0 Å². The zero-order valence-electron chi connectivity index (χ0n) is 10.7. The average molecular weight is 346 g/mol. The summed E-state index contributed by atoms with van der Waals surface area (Å²) in [6.07, 6.45) is -0.546. The molecule has 0 saturated heterocycles. The number of amides is 1. The number of nitrogens with one attached hydrogen (secondary N) is 1. The second-order valence-corrected chi connectivity index (χ2v) is 6.92. The van der Waals surface area contributed by atoms with Gasteiger partial charge in [-0.05, 0) is 39.0 Å². The van der Waals surface area contributed by atoms with E-state index < -0.39 is 11.7 Å². The third-order valence-corrected chi connectivity index (χ3v) is 3.96. The van der Waals surface area contributed by atoms with Gasteiger partial charge in [-0.2, -0.15) is 0 Å². The first-order valence-corrected chi connectivity index (χ1v) is 7.25. The van der Waals surface area contributed by atoms with E-state index in [1.54, 1.807) is 32.9 Å². The third-order valence-electron chi connectivity index (χ3n) is 2.21. The number of thiophene rings is 1. The summed E-state index contributed by atoms with van der Waals surface area (Å²) in [6.45, 7) is 5.36. The molecule has 0 aliphatic heterocycles. The first kappa shape index (κ1) is 14.3. The lowest BCUT2D eigenvalue weighted by Crippen LogP contribution is -2.26. The van der Waals surface area contributed by atoms with Crippen molar-refractivity contribution in [1.82, 2.24) is 0 Å². The maximum Gasteiger partial charge on any atom is 0.412 e. The van der Waals surface area contributed by atoms with Crippen molar-refractivity contribution in [3.63, 3.8) is 0 Å². The minimum atomic E-state index is -0.563. The van der Waals surface area contributed by atoms with Crippen molar-refractivity contribution < 1.29 is 13.9 Å². The molecule has 3 nitrogen and oxygen atoms in total. The van der Waals surface area contributed by atoms with Gasteiger partial charge in [-0.1, -0.05) is 15.9 Å². The lowest BCUT2D eigenvalue weighted by Gasteiger charge is -2.19. The van der Waals surface area contributed by atoms with Crippen LogP contribution >= 0.6 is 27.3 Å². The molecule has 1 amide bonds. The van der Waals surface area contributed by atoms with Crippen LogP contribution < -0.4 is 5.32 Å². The van der Waals surface area contributed by atoms with Crippen molar-refractivity contribution in [3.8, 4) is 0 Å². The monoisotopic (exact) mass is 345 g/mol. The number of fused-ring (bicyclic) bond motifs is 1. The highest BCUT2D eigenvalue weighted by Crippen LogP contribution is 2.36. The molecule has 0 spiro atoms. The molecule has 0 aliphatic carbocycles. The second kappa shape index (κ2) is 5.09. The summed E-state index contributed by atoms with van der Waals surface area (Å²) >= 11 is 4.53. The van der Waals surface area contributed by atoms with Crippen molar-refractivity contribution in [1.29, 1.82) is 0 Å². The molecule has 1 N–H and O–H groups in total.